The summed E-state index contributed by atoms with van der Waals surface area (Å²) in [6.07, 6.45) is -0.134. The lowest BCUT2D eigenvalue weighted by molar-refractivity contribution is 0.0165. The van der Waals surface area contributed by atoms with E-state index in [4.69, 9.17) is 0 Å². The lowest BCUT2D eigenvalue weighted by Crippen LogP contribution is -2.55. The fourth-order valence-electron chi connectivity index (χ4n) is 3.18. The van der Waals surface area contributed by atoms with E-state index in [1.54, 1.807) is 25.1 Å². The second-order valence-corrected chi connectivity index (χ2v) is 6.20. The molecule has 2 N–H and O–H groups in total. The van der Waals surface area contributed by atoms with Gasteiger partial charge >= 0.3 is 0 Å². The molecule has 4 nitrogen and oxygen atoms in total. The highest BCUT2D eigenvalue weighted by atomic mass is 19.1. The van der Waals surface area contributed by atoms with Gasteiger partial charge in [0.25, 0.3) is 0 Å². The number of β-amino-alcohol motifs (C(OH)–C–C–N with tert-alkyl or cyclic N) is 2. The first-order valence-corrected chi connectivity index (χ1v) is 8.08. The number of benzene rings is 1. The largest absolute Gasteiger partial charge is 0.392 e. The van der Waals surface area contributed by atoms with Gasteiger partial charge in [0.2, 0.25) is 0 Å². The van der Waals surface area contributed by atoms with Gasteiger partial charge in [-0.25, -0.2) is 4.39 Å². The summed E-state index contributed by atoms with van der Waals surface area (Å²) in [7, 11) is 0. The quantitative estimate of drug-likeness (QED) is 0.838. The lowest BCUT2D eigenvalue weighted by atomic mass is 10.1. The van der Waals surface area contributed by atoms with E-state index in [0.29, 0.717) is 24.7 Å². The minimum absolute atomic E-state index is 0.329. The first kappa shape index (κ1) is 17.3. The highest BCUT2D eigenvalue weighted by Gasteiger charge is 2.28. The number of hydrogen-bond donors (Lipinski definition) is 2. The van der Waals surface area contributed by atoms with Crippen LogP contribution < -0.4 is 0 Å². The first-order chi connectivity index (χ1) is 10.5. The van der Waals surface area contributed by atoms with Crippen molar-refractivity contribution in [3.63, 3.8) is 0 Å². The van der Waals surface area contributed by atoms with E-state index in [1.165, 1.54) is 6.07 Å². The second-order valence-electron chi connectivity index (χ2n) is 6.20. The van der Waals surface area contributed by atoms with Gasteiger partial charge in [-0.15, -0.1) is 0 Å². The van der Waals surface area contributed by atoms with Crippen molar-refractivity contribution in [2.45, 2.75) is 38.5 Å². The van der Waals surface area contributed by atoms with E-state index in [2.05, 4.69) is 16.7 Å². The average Bonchev–Trinajstić information content (AvgIpc) is 2.48. The molecule has 0 saturated carbocycles. The molecule has 2 rings (SSSR count). The summed E-state index contributed by atoms with van der Waals surface area (Å²) < 4.78 is 13.7. The Morgan fingerprint density at radius 1 is 1.23 bits per heavy atom. The van der Waals surface area contributed by atoms with Crippen molar-refractivity contribution in [1.29, 1.82) is 0 Å². The number of piperazine rings is 1. The number of nitrogens with zero attached hydrogens (tertiary/aromatic N) is 2. The Morgan fingerprint density at radius 2 is 1.95 bits per heavy atom. The van der Waals surface area contributed by atoms with Crippen LogP contribution in [-0.4, -0.2) is 64.9 Å². The van der Waals surface area contributed by atoms with Crippen LogP contribution in [0.15, 0.2) is 24.3 Å². The van der Waals surface area contributed by atoms with E-state index >= 15 is 0 Å². The topological polar surface area (TPSA) is 46.9 Å². The summed E-state index contributed by atoms with van der Waals surface area (Å²) in [6, 6.07) is 6.77. The van der Waals surface area contributed by atoms with Gasteiger partial charge in [-0.3, -0.25) is 9.80 Å². The Morgan fingerprint density at radius 3 is 2.59 bits per heavy atom. The molecule has 1 aliphatic rings. The molecule has 1 aliphatic heterocycles. The van der Waals surface area contributed by atoms with Crippen LogP contribution >= 0.6 is 0 Å². The molecule has 0 radical (unpaired) electrons. The predicted molar refractivity (Wildman–Crippen MR) is 85.1 cm³/mol. The monoisotopic (exact) mass is 310 g/mol. The number of aliphatic hydroxyl groups is 2. The summed E-state index contributed by atoms with van der Waals surface area (Å²) in [6.45, 7) is 7.61. The number of hydrogen-bond acceptors (Lipinski definition) is 4. The van der Waals surface area contributed by atoms with Crippen LogP contribution in [0.3, 0.4) is 0 Å². The first-order valence-electron chi connectivity index (χ1n) is 8.08. The maximum Gasteiger partial charge on any atom is 0.129 e. The standard InChI is InChI=1S/C17H27FN2O2/c1-3-14-11-19(8-9-20(14)10-13(2)21)12-17(22)15-6-4-5-7-16(15)18/h4-7,13-14,17,21-22H,3,8-12H2,1-2H3/t13-,14-,17-/m1/s1. The molecule has 0 bridgehead atoms. The van der Waals surface area contributed by atoms with E-state index in [-0.39, 0.29) is 11.9 Å². The molecule has 124 valence electrons. The average molecular weight is 310 g/mol. The van der Waals surface area contributed by atoms with Gasteiger partial charge < -0.3 is 10.2 Å². The SMILES string of the molecule is CC[C@@H]1CN(C[C@@H](O)c2ccccc2F)CCN1C[C@@H](C)O. The molecule has 0 amide bonds. The van der Waals surface area contributed by atoms with Gasteiger partial charge in [-0.2, -0.15) is 0 Å². The van der Waals surface area contributed by atoms with Crippen LogP contribution in [-0.2, 0) is 0 Å². The van der Waals surface area contributed by atoms with Crippen molar-refractivity contribution >= 4 is 0 Å². The molecule has 0 spiro atoms. The van der Waals surface area contributed by atoms with Gasteiger partial charge in [-0.05, 0) is 19.4 Å². The third-order valence-corrected chi connectivity index (χ3v) is 4.35. The van der Waals surface area contributed by atoms with Crippen LogP contribution in [0.2, 0.25) is 0 Å². The van der Waals surface area contributed by atoms with Crippen molar-refractivity contribution in [2.75, 3.05) is 32.7 Å². The zero-order valence-corrected chi connectivity index (χ0v) is 13.5. The number of aliphatic hydroxyl groups excluding tert-OH is 2. The minimum Gasteiger partial charge on any atom is -0.392 e. The Bertz CT molecular complexity index is 470. The van der Waals surface area contributed by atoms with Crippen molar-refractivity contribution in [1.82, 2.24) is 9.80 Å². The molecule has 3 atom stereocenters. The summed E-state index contributed by atoms with van der Waals surface area (Å²) >= 11 is 0. The van der Waals surface area contributed by atoms with Gasteiger partial charge in [0.05, 0.1) is 12.2 Å². The van der Waals surface area contributed by atoms with Crippen LogP contribution in [0.4, 0.5) is 4.39 Å². The van der Waals surface area contributed by atoms with Crippen LogP contribution in [0, 0.1) is 5.82 Å². The minimum atomic E-state index is -0.804. The number of rotatable bonds is 6. The van der Waals surface area contributed by atoms with E-state index in [1.807, 2.05) is 0 Å². The summed E-state index contributed by atoms with van der Waals surface area (Å²) in [5.74, 6) is -0.352. The van der Waals surface area contributed by atoms with Gasteiger partial charge in [-0.1, -0.05) is 25.1 Å². The molecular formula is C17H27FN2O2. The molecule has 1 heterocycles. The molecule has 1 fully saturated rings. The Kier molecular flexibility index (Phi) is 6.32. The maximum atomic E-state index is 13.7. The molecule has 0 unspecified atom stereocenters. The second kappa shape index (κ2) is 8.02. The fourth-order valence-corrected chi connectivity index (χ4v) is 3.18. The fraction of sp³-hybridized carbons (Fsp3) is 0.647. The third-order valence-electron chi connectivity index (χ3n) is 4.35. The number of halogens is 1. The lowest BCUT2D eigenvalue weighted by Gasteiger charge is -2.42. The van der Waals surface area contributed by atoms with Crippen LogP contribution in [0.25, 0.3) is 0 Å². The Labute approximate surface area is 132 Å². The molecule has 1 aromatic rings. The van der Waals surface area contributed by atoms with Crippen molar-refractivity contribution < 1.29 is 14.6 Å². The highest BCUT2D eigenvalue weighted by Crippen LogP contribution is 2.20. The molecule has 0 aromatic heterocycles. The summed E-state index contributed by atoms with van der Waals surface area (Å²) in [5.41, 5.74) is 0.363. The molecule has 5 heteroatoms. The maximum absolute atomic E-state index is 13.7. The normalized spacial score (nSPS) is 23.4. The predicted octanol–water partition coefficient (Wildman–Crippen LogP) is 1.64. The Hall–Kier alpha value is -1.01. The zero-order chi connectivity index (χ0) is 16.1. The van der Waals surface area contributed by atoms with Crippen LogP contribution in [0.1, 0.15) is 31.9 Å². The molecular weight excluding hydrogens is 283 g/mol. The van der Waals surface area contributed by atoms with Gasteiger partial charge in [0, 0.05) is 44.3 Å². The molecule has 0 aliphatic carbocycles. The van der Waals surface area contributed by atoms with Crippen molar-refractivity contribution in [2.24, 2.45) is 0 Å². The Balaban J connectivity index is 1.93. The van der Waals surface area contributed by atoms with Gasteiger partial charge in [0.15, 0.2) is 0 Å². The van der Waals surface area contributed by atoms with Crippen LogP contribution in [0.5, 0.6) is 0 Å². The van der Waals surface area contributed by atoms with E-state index < -0.39 is 6.10 Å². The van der Waals surface area contributed by atoms with Gasteiger partial charge in [0.1, 0.15) is 5.82 Å². The van der Waals surface area contributed by atoms with Crippen molar-refractivity contribution in [3.05, 3.63) is 35.6 Å². The third kappa shape index (κ3) is 4.49. The molecule has 22 heavy (non-hydrogen) atoms. The van der Waals surface area contributed by atoms with E-state index in [0.717, 1.165) is 26.1 Å². The summed E-state index contributed by atoms with van der Waals surface area (Å²) in [4.78, 5) is 4.49. The zero-order valence-electron chi connectivity index (χ0n) is 13.5. The molecule has 1 saturated heterocycles. The molecule has 1 aromatic carbocycles. The van der Waals surface area contributed by atoms with Crippen molar-refractivity contribution in [3.8, 4) is 0 Å². The highest BCUT2D eigenvalue weighted by molar-refractivity contribution is 5.20. The smallest absolute Gasteiger partial charge is 0.129 e. The van der Waals surface area contributed by atoms with E-state index in [9.17, 15) is 14.6 Å². The summed E-state index contributed by atoms with van der Waals surface area (Å²) in [5, 5.41) is 19.9.